The van der Waals surface area contributed by atoms with Gasteiger partial charge in [-0.2, -0.15) is 12.5 Å². The molecule has 0 unspecified atom stereocenters. The highest BCUT2D eigenvalue weighted by Gasteiger charge is 2.53. The monoisotopic (exact) mass is 529 g/mol. The van der Waals surface area contributed by atoms with Crippen molar-refractivity contribution in [2.24, 2.45) is 0 Å². The number of fused-ring (bicyclic) bond motifs is 1. The van der Waals surface area contributed by atoms with Crippen LogP contribution in [0.4, 0.5) is 20.4 Å². The maximum atomic E-state index is 14.5. The van der Waals surface area contributed by atoms with Crippen LogP contribution in [0.5, 0.6) is 0 Å². The van der Waals surface area contributed by atoms with Gasteiger partial charge >= 0.3 is 0 Å². The van der Waals surface area contributed by atoms with Gasteiger partial charge in [-0.3, -0.25) is 0 Å². The van der Waals surface area contributed by atoms with Crippen LogP contribution >= 0.6 is 11.6 Å². The Hall–Kier alpha value is -3.24. The van der Waals surface area contributed by atoms with Gasteiger partial charge in [0.2, 0.25) is 0 Å². The van der Waals surface area contributed by atoms with Crippen molar-refractivity contribution in [3.63, 3.8) is 0 Å². The second kappa shape index (κ2) is 8.14. The molecule has 0 radical (unpaired) electrons. The van der Waals surface area contributed by atoms with Gasteiger partial charge in [0.25, 0.3) is 10.0 Å². The van der Waals surface area contributed by atoms with Crippen LogP contribution in [0.3, 0.4) is 0 Å². The largest absolute Gasteiger partial charge is 0.350 e. The highest BCUT2D eigenvalue weighted by atomic mass is 35.5. The molecule has 2 aromatic heterocycles. The number of pyridine rings is 1. The number of aryl methyl sites for hydroxylation is 1. The van der Waals surface area contributed by atoms with Crippen molar-refractivity contribution in [2.45, 2.75) is 30.2 Å². The SMILES string of the molecule is Cc1ccc(S(=O)(=O)n2nc(N3CCN(c4ncc(F)cc4F)CC34CC4)c3c(Cl)cccc32)cc1. The van der Waals surface area contributed by atoms with Crippen LogP contribution in [-0.2, 0) is 10.0 Å². The summed E-state index contributed by atoms with van der Waals surface area (Å²) >= 11 is 6.60. The number of hydrogen-bond donors (Lipinski definition) is 0. The van der Waals surface area contributed by atoms with E-state index in [9.17, 15) is 17.2 Å². The average Bonchev–Trinajstić information content (AvgIpc) is 3.47. The van der Waals surface area contributed by atoms with Crippen LogP contribution in [0.25, 0.3) is 10.9 Å². The molecule has 36 heavy (non-hydrogen) atoms. The first kappa shape index (κ1) is 23.2. The highest BCUT2D eigenvalue weighted by molar-refractivity contribution is 7.90. The molecule has 11 heteroatoms. The minimum atomic E-state index is -3.98. The summed E-state index contributed by atoms with van der Waals surface area (Å²) in [6.07, 6.45) is 2.64. The molecule has 3 heterocycles. The molecule has 1 aliphatic heterocycles. The smallest absolute Gasteiger partial charge is 0.283 e. The molecule has 1 saturated heterocycles. The average molecular weight is 530 g/mol. The third kappa shape index (κ3) is 3.62. The summed E-state index contributed by atoms with van der Waals surface area (Å²) in [4.78, 5) is 7.99. The molecule has 7 nitrogen and oxygen atoms in total. The van der Waals surface area contributed by atoms with Gasteiger partial charge in [0, 0.05) is 25.7 Å². The van der Waals surface area contributed by atoms with Gasteiger partial charge in [-0.25, -0.2) is 13.8 Å². The molecule has 2 aromatic carbocycles. The van der Waals surface area contributed by atoms with Crippen LogP contribution in [0.15, 0.2) is 59.6 Å². The zero-order valence-electron chi connectivity index (χ0n) is 19.3. The Morgan fingerprint density at radius 2 is 1.78 bits per heavy atom. The summed E-state index contributed by atoms with van der Waals surface area (Å²) in [6, 6.07) is 12.6. The Bertz CT molecular complexity index is 1600. The van der Waals surface area contributed by atoms with E-state index in [-0.39, 0.29) is 16.3 Å². The summed E-state index contributed by atoms with van der Waals surface area (Å²) in [6.45, 7) is 3.19. The van der Waals surface area contributed by atoms with Crippen molar-refractivity contribution >= 4 is 44.2 Å². The predicted molar refractivity (Wildman–Crippen MR) is 134 cm³/mol. The normalized spacial score (nSPS) is 17.2. The van der Waals surface area contributed by atoms with Gasteiger partial charge in [-0.15, -0.1) is 5.10 Å². The van der Waals surface area contributed by atoms with Gasteiger partial charge in [0.05, 0.1) is 32.6 Å². The Labute approximate surface area is 212 Å². The van der Waals surface area contributed by atoms with Crippen LogP contribution in [0.2, 0.25) is 5.02 Å². The molecule has 186 valence electrons. The van der Waals surface area contributed by atoms with E-state index in [1.165, 1.54) is 0 Å². The van der Waals surface area contributed by atoms with Crippen molar-refractivity contribution in [1.82, 2.24) is 14.2 Å². The van der Waals surface area contributed by atoms with E-state index in [4.69, 9.17) is 11.6 Å². The first-order valence-electron chi connectivity index (χ1n) is 11.5. The maximum absolute atomic E-state index is 14.5. The molecule has 6 rings (SSSR count). The summed E-state index contributed by atoms with van der Waals surface area (Å²) in [5, 5.41) is 5.58. The number of halogens is 3. The number of nitrogens with zero attached hydrogens (tertiary/aromatic N) is 5. The first-order chi connectivity index (χ1) is 17.2. The molecule has 0 N–H and O–H groups in total. The van der Waals surface area contributed by atoms with Crippen LogP contribution in [0.1, 0.15) is 18.4 Å². The lowest BCUT2D eigenvalue weighted by molar-refractivity contribution is 0.489. The zero-order chi connectivity index (χ0) is 25.2. The van der Waals surface area contributed by atoms with E-state index in [0.29, 0.717) is 41.4 Å². The second-order valence-electron chi connectivity index (χ2n) is 9.38. The standard InChI is InChI=1S/C25H22ClF2N5O2S/c1-16-5-7-18(8-6-16)36(34,35)33-21-4-2-3-19(26)22(21)24(30-33)32-12-11-31(15-25(32)9-10-25)23-20(28)13-17(27)14-29-23/h2-8,13-14H,9-12,15H2,1H3. The lowest BCUT2D eigenvalue weighted by atomic mass is 10.1. The molecular weight excluding hydrogens is 508 g/mol. The fourth-order valence-corrected chi connectivity index (χ4v) is 6.50. The lowest BCUT2D eigenvalue weighted by Gasteiger charge is -2.43. The van der Waals surface area contributed by atoms with E-state index >= 15 is 0 Å². The number of aromatic nitrogens is 3. The van der Waals surface area contributed by atoms with Gasteiger partial charge in [-0.05, 0) is 44.0 Å². The van der Waals surface area contributed by atoms with E-state index in [2.05, 4.69) is 15.0 Å². The fraction of sp³-hybridized carbons (Fsp3) is 0.280. The minimum absolute atomic E-state index is 0.109. The van der Waals surface area contributed by atoms with E-state index in [0.717, 1.165) is 34.8 Å². The molecule has 0 bridgehead atoms. The number of benzene rings is 2. The van der Waals surface area contributed by atoms with Gasteiger partial charge in [-0.1, -0.05) is 35.4 Å². The molecule has 2 fully saturated rings. The molecule has 1 aliphatic carbocycles. The number of piperazine rings is 1. The van der Waals surface area contributed by atoms with Crippen molar-refractivity contribution in [1.29, 1.82) is 0 Å². The quantitative estimate of drug-likeness (QED) is 0.379. The highest BCUT2D eigenvalue weighted by Crippen LogP contribution is 2.49. The number of hydrogen-bond acceptors (Lipinski definition) is 6. The Morgan fingerprint density at radius 3 is 2.47 bits per heavy atom. The van der Waals surface area contributed by atoms with Gasteiger partial charge in [0.15, 0.2) is 17.5 Å². The Kier molecular flexibility index (Phi) is 5.24. The fourth-order valence-electron chi connectivity index (χ4n) is 4.97. The number of anilines is 2. The van der Waals surface area contributed by atoms with E-state index in [1.54, 1.807) is 42.5 Å². The van der Waals surface area contributed by atoms with Crippen LogP contribution in [-0.4, -0.2) is 47.8 Å². The molecule has 4 aromatic rings. The third-order valence-corrected chi connectivity index (χ3v) is 8.89. The van der Waals surface area contributed by atoms with Crippen molar-refractivity contribution in [3.8, 4) is 0 Å². The molecule has 1 saturated carbocycles. The molecule has 0 atom stereocenters. The summed E-state index contributed by atoms with van der Waals surface area (Å²) in [7, 11) is -3.98. The molecule has 0 amide bonds. The zero-order valence-corrected chi connectivity index (χ0v) is 20.9. The van der Waals surface area contributed by atoms with Crippen LogP contribution in [0, 0.1) is 18.6 Å². The summed E-state index contributed by atoms with van der Waals surface area (Å²) in [5.74, 6) is -0.840. The van der Waals surface area contributed by atoms with Crippen molar-refractivity contribution in [3.05, 3.63) is 76.9 Å². The van der Waals surface area contributed by atoms with Gasteiger partial charge < -0.3 is 9.80 Å². The molecule has 2 aliphatic rings. The number of rotatable bonds is 4. The van der Waals surface area contributed by atoms with Crippen molar-refractivity contribution < 1.29 is 17.2 Å². The molecule has 1 spiro atoms. The second-order valence-corrected chi connectivity index (χ2v) is 11.5. The first-order valence-corrected chi connectivity index (χ1v) is 13.3. The maximum Gasteiger partial charge on any atom is 0.283 e. The summed E-state index contributed by atoms with van der Waals surface area (Å²) in [5.41, 5.74) is 0.964. The van der Waals surface area contributed by atoms with E-state index in [1.807, 2.05) is 11.8 Å². The minimum Gasteiger partial charge on any atom is -0.350 e. The van der Waals surface area contributed by atoms with Crippen molar-refractivity contribution in [2.75, 3.05) is 29.4 Å². The Balaban J connectivity index is 1.43. The molecular formula is C25H22ClF2N5O2S. The lowest BCUT2D eigenvalue weighted by Crippen LogP contribution is -2.56. The Morgan fingerprint density at radius 1 is 1.03 bits per heavy atom. The third-order valence-electron chi connectivity index (χ3n) is 6.98. The topological polar surface area (TPSA) is 71.3 Å². The van der Waals surface area contributed by atoms with E-state index < -0.39 is 21.7 Å². The van der Waals surface area contributed by atoms with Crippen LogP contribution < -0.4 is 9.80 Å². The summed E-state index contributed by atoms with van der Waals surface area (Å²) < 4.78 is 56.1. The van der Waals surface area contributed by atoms with Gasteiger partial charge in [0.1, 0.15) is 5.82 Å². The predicted octanol–water partition coefficient (Wildman–Crippen LogP) is 4.77.